The molecule has 0 radical (unpaired) electrons. The highest BCUT2D eigenvalue weighted by Gasteiger charge is 2.28. The van der Waals surface area contributed by atoms with Gasteiger partial charge in [-0.05, 0) is 183 Å². The average Bonchev–Trinajstić information content (AvgIpc) is 1.61. The predicted octanol–water partition coefficient (Wildman–Crippen LogP) is 38.0. The van der Waals surface area contributed by atoms with Gasteiger partial charge in [-0.2, -0.15) is 0 Å². The minimum Gasteiger partial charge on any atom is -0.455 e. The van der Waals surface area contributed by atoms with Crippen molar-refractivity contribution < 1.29 is 13.3 Å². The molecular formula is C136H82N8O3S3. The molecule has 0 fully saturated rings. The second kappa shape index (κ2) is 37.7. The van der Waals surface area contributed by atoms with Crippen molar-refractivity contribution >= 4 is 160 Å². The Bertz CT molecular complexity index is 10500. The van der Waals surface area contributed by atoms with Gasteiger partial charge in [-0.1, -0.05) is 346 Å². The van der Waals surface area contributed by atoms with E-state index in [9.17, 15) is 0 Å². The number of hydrogen-bond acceptors (Lipinski definition) is 14. The van der Waals surface area contributed by atoms with Gasteiger partial charge < -0.3 is 13.3 Å². The maximum Gasteiger partial charge on any atom is 0.161 e. The van der Waals surface area contributed by atoms with Gasteiger partial charge in [0, 0.05) is 179 Å². The van der Waals surface area contributed by atoms with Crippen LogP contribution in [0.2, 0.25) is 0 Å². The molecule has 0 aliphatic carbocycles. The maximum atomic E-state index is 6.76. The van der Waals surface area contributed by atoms with Gasteiger partial charge in [-0.15, -0.1) is 34.0 Å². The molecule has 0 aliphatic rings. The third kappa shape index (κ3) is 16.2. The Labute approximate surface area is 873 Å². The van der Waals surface area contributed by atoms with E-state index in [4.69, 9.17) is 43.2 Å². The van der Waals surface area contributed by atoms with Crippen molar-refractivity contribution in [2.75, 3.05) is 0 Å². The summed E-state index contributed by atoms with van der Waals surface area (Å²) in [6.45, 7) is 0. The molecule has 0 unspecified atom stereocenters. The van der Waals surface area contributed by atoms with Crippen LogP contribution in [0.4, 0.5) is 0 Å². The van der Waals surface area contributed by atoms with Crippen LogP contribution in [-0.4, -0.2) is 39.9 Å². The number of benzene rings is 19. The lowest BCUT2D eigenvalue weighted by molar-refractivity contribution is 0.669. The molecule has 14 heteroatoms. The Morgan fingerprint density at radius 1 is 0.153 bits per heavy atom. The molecule has 30 aromatic rings. The second-order valence-electron chi connectivity index (χ2n) is 37.4. The number of pyridine rings is 2. The molecule has 150 heavy (non-hydrogen) atoms. The monoisotopic (exact) mass is 1970 g/mol. The first-order valence-electron chi connectivity index (χ1n) is 49.9. The number of furan rings is 3. The normalized spacial score (nSPS) is 11.6. The van der Waals surface area contributed by atoms with Crippen molar-refractivity contribution in [1.29, 1.82) is 0 Å². The van der Waals surface area contributed by atoms with Gasteiger partial charge in [0.1, 0.15) is 33.5 Å². The van der Waals surface area contributed by atoms with E-state index >= 15 is 0 Å². The molecule has 0 amide bonds. The summed E-state index contributed by atoms with van der Waals surface area (Å²) in [6.07, 6.45) is 7.34. The van der Waals surface area contributed by atoms with E-state index in [1.54, 1.807) is 12.4 Å². The highest BCUT2D eigenvalue weighted by Crippen LogP contribution is 2.51. The number of hydrogen-bond donors (Lipinski definition) is 0. The molecule has 30 rings (SSSR count). The largest absolute Gasteiger partial charge is 0.455 e. The van der Waals surface area contributed by atoms with Crippen LogP contribution in [0.15, 0.2) is 511 Å². The van der Waals surface area contributed by atoms with Gasteiger partial charge in [0.15, 0.2) is 17.5 Å². The zero-order valence-corrected chi connectivity index (χ0v) is 82.8. The fourth-order valence-corrected chi connectivity index (χ4v) is 24.4. The maximum absolute atomic E-state index is 6.76. The Morgan fingerprint density at radius 2 is 0.447 bits per heavy atom. The molecule has 0 aliphatic heterocycles. The standard InChI is InChI=1S/C46H28N2OS.2C45H27N3OS/c1-3-11-29(12-4-1)30-19-21-32(22-20-30)46-47-39(31-13-5-2-6-14-31)28-40(48-46)36-25-24-34(44-37-16-7-9-17-41(37)49-45(36)44)33-23-26-43-38(27-33)35-15-8-10-18-42(35)50-43;1-2-10-28(11-3-1)38-26-39(48-45(47-38)31-13-8-12-29(24-31)32-14-9-23-46-27-32)35-21-20-33(43-36-16-4-6-17-40(36)49-44(35)43)30-19-22-42-37(25-30)34-15-5-7-18-41(34)50-42;1-2-11-28(12-3-1)38-26-39(48-45(47-38)34-16-5-4-14-31(34)30-13-10-24-46-27-30)35-22-21-32(43-36-17-6-8-18-40(36)49-44(35)43)29-20-23-42-37(25-29)33-15-7-9-19-41(33)50-42/h1-28H;2*1-27H. The lowest BCUT2D eigenvalue weighted by Gasteiger charge is -2.13. The molecule has 0 saturated carbocycles. The summed E-state index contributed by atoms with van der Waals surface area (Å²) < 4.78 is 28.0. The van der Waals surface area contributed by atoms with Crippen LogP contribution in [0.25, 0.3) is 295 Å². The first-order valence-corrected chi connectivity index (χ1v) is 52.4. The molecule has 0 bridgehead atoms. The molecule has 11 aromatic heterocycles. The summed E-state index contributed by atoms with van der Waals surface area (Å²) in [5, 5.41) is 14.2. The number of rotatable bonds is 15. The average molecular weight is 1970 g/mol. The van der Waals surface area contributed by atoms with Gasteiger partial charge in [0.2, 0.25) is 0 Å². The smallest absolute Gasteiger partial charge is 0.161 e. The van der Waals surface area contributed by atoms with Crippen LogP contribution in [0, 0.1) is 0 Å². The zero-order valence-electron chi connectivity index (χ0n) is 80.4. The molecule has 0 spiro atoms. The summed E-state index contributed by atoms with van der Waals surface area (Å²) in [4.78, 5) is 39.8. The molecule has 0 atom stereocenters. The van der Waals surface area contributed by atoms with Crippen molar-refractivity contribution in [3.8, 4) is 168 Å². The predicted molar refractivity (Wildman–Crippen MR) is 624 cm³/mol. The fourth-order valence-electron chi connectivity index (χ4n) is 21.2. The van der Waals surface area contributed by atoms with Gasteiger partial charge >= 0.3 is 0 Å². The Kier molecular flexibility index (Phi) is 22.3. The number of fused-ring (bicyclic) bond motifs is 18. The van der Waals surface area contributed by atoms with E-state index in [0.717, 1.165) is 211 Å². The number of thiophene rings is 3. The summed E-state index contributed by atoms with van der Waals surface area (Å²) in [5.41, 5.74) is 32.0. The Morgan fingerprint density at radius 3 is 0.860 bits per heavy atom. The van der Waals surface area contributed by atoms with E-state index < -0.39 is 0 Å². The lowest BCUT2D eigenvalue weighted by Crippen LogP contribution is -1.98. The van der Waals surface area contributed by atoms with Crippen molar-refractivity contribution in [3.05, 3.63) is 498 Å². The summed E-state index contributed by atoms with van der Waals surface area (Å²) in [6, 6.07) is 165. The van der Waals surface area contributed by atoms with Crippen molar-refractivity contribution in [1.82, 2.24) is 39.9 Å². The van der Waals surface area contributed by atoms with Gasteiger partial charge in [0.05, 0.1) is 34.2 Å². The lowest BCUT2D eigenvalue weighted by atomic mass is 9.94. The van der Waals surface area contributed by atoms with Crippen LogP contribution in [0.3, 0.4) is 0 Å². The van der Waals surface area contributed by atoms with E-state index in [0.29, 0.717) is 17.5 Å². The minimum absolute atomic E-state index is 0.643. The third-order valence-corrected chi connectivity index (χ3v) is 31.8. The van der Waals surface area contributed by atoms with E-state index in [2.05, 4.69) is 362 Å². The van der Waals surface area contributed by atoms with Crippen molar-refractivity contribution in [2.45, 2.75) is 0 Å². The highest BCUT2D eigenvalue weighted by atomic mass is 32.1. The molecular weight excluding hydrogens is 1890 g/mol. The van der Waals surface area contributed by atoms with Crippen LogP contribution in [-0.2, 0) is 0 Å². The SMILES string of the molecule is c1ccc(-c2cc(-c3ccc(-c4ccc5sc6ccccc6c5c4)c4c3oc3ccccc34)nc(-c3cccc(-c4cccnc4)c3)n2)cc1.c1ccc(-c2cc(-c3ccc(-c4ccc5sc6ccccc6c5c4)c4c3oc3ccccc34)nc(-c3ccccc3-c3cccnc3)n2)cc1.c1ccc(-c2ccc(-c3nc(-c4ccccc4)cc(-c4ccc(-c5ccc6sc7ccccc7c6c5)c5c4oc4ccccc45)n3)cc2)cc1. The van der Waals surface area contributed by atoms with Crippen LogP contribution in [0.5, 0.6) is 0 Å². The van der Waals surface area contributed by atoms with Crippen molar-refractivity contribution in [3.63, 3.8) is 0 Å². The number of nitrogens with zero attached hydrogens (tertiary/aromatic N) is 8. The van der Waals surface area contributed by atoms with Gasteiger partial charge in [-0.3, -0.25) is 9.97 Å². The summed E-state index contributed by atoms with van der Waals surface area (Å²) in [5.74, 6) is 1.96. The zero-order chi connectivity index (χ0) is 99.1. The van der Waals surface area contributed by atoms with Gasteiger partial charge in [-0.25, -0.2) is 29.9 Å². The second-order valence-corrected chi connectivity index (χ2v) is 40.6. The Hall–Kier alpha value is -19.2. The number of aromatic nitrogens is 8. The first kappa shape index (κ1) is 88.5. The van der Waals surface area contributed by atoms with Crippen LogP contribution >= 0.6 is 34.0 Å². The summed E-state index contributed by atoms with van der Waals surface area (Å²) >= 11 is 5.51. The molecule has 702 valence electrons. The molecule has 0 N–H and O–H groups in total. The van der Waals surface area contributed by atoms with E-state index in [1.807, 2.05) is 168 Å². The quantitative estimate of drug-likeness (QED) is 0.0968. The molecule has 19 aromatic carbocycles. The topological polar surface area (TPSA) is 143 Å². The van der Waals surface area contributed by atoms with Crippen molar-refractivity contribution in [2.24, 2.45) is 0 Å². The number of para-hydroxylation sites is 3. The van der Waals surface area contributed by atoms with Crippen LogP contribution in [0.1, 0.15) is 0 Å². The highest BCUT2D eigenvalue weighted by molar-refractivity contribution is 7.26. The van der Waals surface area contributed by atoms with E-state index in [1.165, 1.54) is 66.1 Å². The van der Waals surface area contributed by atoms with Gasteiger partial charge in [0.25, 0.3) is 0 Å². The first-order chi connectivity index (χ1) is 74.3. The molecule has 0 saturated heterocycles. The molecule has 11 heterocycles. The Balaban J connectivity index is 0.000000108. The fraction of sp³-hybridized carbons (Fsp3) is 0. The minimum atomic E-state index is 0.643. The molecule has 11 nitrogen and oxygen atoms in total. The van der Waals surface area contributed by atoms with Crippen LogP contribution < -0.4 is 0 Å². The van der Waals surface area contributed by atoms with E-state index in [-0.39, 0.29) is 0 Å². The summed E-state index contributed by atoms with van der Waals surface area (Å²) in [7, 11) is 0. The third-order valence-electron chi connectivity index (χ3n) is 28.4.